The van der Waals surface area contributed by atoms with Crippen molar-refractivity contribution in [3.8, 4) is 0 Å². The molecule has 140 valence electrons. The Morgan fingerprint density at radius 2 is 1.42 bits per heavy atom. The number of aliphatic hydroxyl groups excluding tert-OH is 1. The zero-order chi connectivity index (χ0) is 19.0. The Morgan fingerprint density at radius 1 is 0.962 bits per heavy atom. The van der Waals surface area contributed by atoms with Crippen molar-refractivity contribution in [1.29, 1.82) is 0 Å². The van der Waals surface area contributed by atoms with Gasteiger partial charge in [-0.2, -0.15) is 0 Å². The van der Waals surface area contributed by atoms with Crippen molar-refractivity contribution in [2.45, 2.75) is 52.1 Å². The Morgan fingerprint density at radius 3 is 1.77 bits per heavy atom. The summed E-state index contributed by atoms with van der Waals surface area (Å²) in [4.78, 5) is 0. The van der Waals surface area contributed by atoms with Crippen LogP contribution in [0.5, 0.6) is 0 Å². The lowest BCUT2D eigenvalue weighted by molar-refractivity contribution is -0.106. The third kappa shape index (κ3) is 3.27. The van der Waals surface area contributed by atoms with Crippen LogP contribution in [0, 0.1) is 5.41 Å². The largest absolute Gasteiger partial charge is 0.399 e. The van der Waals surface area contributed by atoms with Gasteiger partial charge in [-0.15, -0.1) is 0 Å². The molecule has 0 aromatic heterocycles. The molecule has 0 amide bonds. The first kappa shape index (κ1) is 19.3. The fourth-order valence-corrected chi connectivity index (χ4v) is 8.79. The highest BCUT2D eigenvalue weighted by Crippen LogP contribution is 2.42. The molecular formula is C22H30O3Si. The Bertz CT molecular complexity index is 683. The molecule has 1 fully saturated rings. The minimum Gasteiger partial charge on any atom is -0.399 e. The van der Waals surface area contributed by atoms with Gasteiger partial charge in [-0.25, -0.2) is 0 Å². The summed E-state index contributed by atoms with van der Waals surface area (Å²) in [5.41, 5.74) is -0.244. The molecule has 0 aliphatic carbocycles. The highest BCUT2D eigenvalue weighted by molar-refractivity contribution is 6.99. The second kappa shape index (κ2) is 6.93. The molecule has 0 spiro atoms. The van der Waals surface area contributed by atoms with E-state index in [1.807, 2.05) is 12.1 Å². The van der Waals surface area contributed by atoms with E-state index in [1.165, 1.54) is 10.4 Å². The van der Waals surface area contributed by atoms with Crippen molar-refractivity contribution in [3.63, 3.8) is 0 Å². The van der Waals surface area contributed by atoms with Crippen molar-refractivity contribution < 1.29 is 14.3 Å². The molecule has 3 rings (SSSR count). The van der Waals surface area contributed by atoms with E-state index in [1.54, 1.807) is 0 Å². The van der Waals surface area contributed by atoms with Gasteiger partial charge in [-0.3, -0.25) is 0 Å². The van der Waals surface area contributed by atoms with Crippen molar-refractivity contribution in [3.05, 3.63) is 60.7 Å². The monoisotopic (exact) mass is 370 g/mol. The van der Waals surface area contributed by atoms with Crippen LogP contribution in [-0.2, 0) is 9.16 Å². The second-order valence-electron chi connectivity index (χ2n) is 8.89. The summed E-state index contributed by atoms with van der Waals surface area (Å²) in [6, 6.07) is 21.0. The van der Waals surface area contributed by atoms with Gasteiger partial charge in [-0.1, -0.05) is 95.3 Å². The standard InChI is InChI=1S/C22H30O3Si/c1-21(2,3)26(17-12-8-6-9-13-17,18-14-10-7-11-15-18)25-19-20(23)24-16-22(19,4)5/h6-15,19-20,23H,16H2,1-5H3/t19-,20?/m0/s1. The SMILES string of the molecule is CC1(C)COC(O)[C@@H]1O[Si](c1ccccc1)(c1ccccc1)C(C)(C)C. The smallest absolute Gasteiger partial charge is 0.261 e. The highest BCUT2D eigenvalue weighted by atomic mass is 28.4. The summed E-state index contributed by atoms with van der Waals surface area (Å²) in [7, 11) is -2.68. The van der Waals surface area contributed by atoms with Crippen LogP contribution in [-0.4, -0.2) is 32.4 Å². The van der Waals surface area contributed by atoms with E-state index in [-0.39, 0.29) is 16.6 Å². The minimum absolute atomic E-state index is 0.117. The van der Waals surface area contributed by atoms with E-state index in [4.69, 9.17) is 9.16 Å². The number of aliphatic hydroxyl groups is 1. The fraction of sp³-hybridized carbons (Fsp3) is 0.455. The normalized spacial score (nSPS) is 23.2. The fourth-order valence-electron chi connectivity index (χ4n) is 3.96. The summed E-state index contributed by atoms with van der Waals surface area (Å²) < 4.78 is 12.6. The average Bonchev–Trinajstić information content (AvgIpc) is 2.86. The van der Waals surface area contributed by atoms with Crippen molar-refractivity contribution in [2.24, 2.45) is 5.41 Å². The van der Waals surface area contributed by atoms with Crippen LogP contribution >= 0.6 is 0 Å². The Kier molecular flexibility index (Phi) is 5.14. The molecule has 1 aliphatic heterocycles. The summed E-state index contributed by atoms with van der Waals surface area (Å²) in [5.74, 6) is 0. The molecule has 1 unspecified atom stereocenters. The van der Waals surface area contributed by atoms with E-state index in [0.717, 1.165) is 0 Å². The van der Waals surface area contributed by atoms with E-state index < -0.39 is 14.6 Å². The number of ether oxygens (including phenoxy) is 1. The van der Waals surface area contributed by atoms with E-state index in [2.05, 4.69) is 83.1 Å². The molecule has 0 radical (unpaired) electrons. The van der Waals surface area contributed by atoms with Gasteiger partial charge in [0.1, 0.15) is 6.10 Å². The molecule has 2 aromatic carbocycles. The molecular weight excluding hydrogens is 340 g/mol. The van der Waals surface area contributed by atoms with Crippen LogP contribution in [0.2, 0.25) is 5.04 Å². The quantitative estimate of drug-likeness (QED) is 0.839. The van der Waals surface area contributed by atoms with Crippen LogP contribution in [0.25, 0.3) is 0 Å². The van der Waals surface area contributed by atoms with Crippen molar-refractivity contribution in [2.75, 3.05) is 6.61 Å². The van der Waals surface area contributed by atoms with Crippen LogP contribution < -0.4 is 10.4 Å². The summed E-state index contributed by atoms with van der Waals surface area (Å²) in [6.07, 6.45) is -1.26. The Hall–Kier alpha value is -1.46. The molecule has 0 saturated carbocycles. The highest BCUT2D eigenvalue weighted by Gasteiger charge is 2.56. The predicted octanol–water partition coefficient (Wildman–Crippen LogP) is 3.31. The topological polar surface area (TPSA) is 38.7 Å². The molecule has 4 heteroatoms. The first-order valence-electron chi connectivity index (χ1n) is 9.27. The maximum atomic E-state index is 10.5. The van der Waals surface area contributed by atoms with Gasteiger partial charge >= 0.3 is 0 Å². The van der Waals surface area contributed by atoms with Gasteiger partial charge in [0.2, 0.25) is 0 Å². The van der Waals surface area contributed by atoms with Gasteiger partial charge in [0, 0.05) is 5.41 Å². The third-order valence-electron chi connectivity index (χ3n) is 5.38. The van der Waals surface area contributed by atoms with Gasteiger partial charge in [0.25, 0.3) is 8.32 Å². The molecule has 3 nitrogen and oxygen atoms in total. The number of hydrogen-bond acceptors (Lipinski definition) is 3. The predicted molar refractivity (Wildman–Crippen MR) is 108 cm³/mol. The molecule has 26 heavy (non-hydrogen) atoms. The molecule has 1 N–H and O–H groups in total. The lowest BCUT2D eigenvalue weighted by Gasteiger charge is -2.46. The molecule has 1 saturated heterocycles. The first-order valence-corrected chi connectivity index (χ1v) is 11.2. The number of hydrogen-bond donors (Lipinski definition) is 1. The lowest BCUT2D eigenvalue weighted by atomic mass is 9.90. The maximum Gasteiger partial charge on any atom is 0.261 e. The second-order valence-corrected chi connectivity index (χ2v) is 13.1. The van der Waals surface area contributed by atoms with Crippen molar-refractivity contribution in [1.82, 2.24) is 0 Å². The molecule has 1 aliphatic rings. The van der Waals surface area contributed by atoms with Gasteiger partial charge < -0.3 is 14.3 Å². The van der Waals surface area contributed by atoms with Crippen LogP contribution in [0.4, 0.5) is 0 Å². The van der Waals surface area contributed by atoms with Gasteiger partial charge in [-0.05, 0) is 15.4 Å². The average molecular weight is 371 g/mol. The zero-order valence-corrected chi connectivity index (χ0v) is 17.4. The Balaban J connectivity index is 2.21. The summed E-state index contributed by atoms with van der Waals surface area (Å²) in [6.45, 7) is 11.4. The number of benzene rings is 2. The van der Waals surface area contributed by atoms with E-state index >= 15 is 0 Å². The molecule has 2 atom stereocenters. The summed E-state index contributed by atoms with van der Waals surface area (Å²) >= 11 is 0. The first-order chi connectivity index (χ1) is 12.2. The molecule has 2 aromatic rings. The summed E-state index contributed by atoms with van der Waals surface area (Å²) in [5, 5.41) is 12.8. The van der Waals surface area contributed by atoms with Gasteiger partial charge in [0.15, 0.2) is 6.29 Å². The number of rotatable bonds is 4. The van der Waals surface area contributed by atoms with Crippen LogP contribution in [0.15, 0.2) is 60.7 Å². The van der Waals surface area contributed by atoms with Crippen molar-refractivity contribution >= 4 is 18.7 Å². The maximum absolute atomic E-state index is 10.5. The van der Waals surface area contributed by atoms with Crippen LogP contribution in [0.3, 0.4) is 0 Å². The third-order valence-corrected chi connectivity index (χ3v) is 10.4. The van der Waals surface area contributed by atoms with Gasteiger partial charge in [0.05, 0.1) is 6.61 Å². The van der Waals surface area contributed by atoms with E-state index in [0.29, 0.717) is 6.61 Å². The van der Waals surface area contributed by atoms with E-state index in [9.17, 15) is 5.11 Å². The molecule has 0 bridgehead atoms. The Labute approximate surface area is 158 Å². The van der Waals surface area contributed by atoms with Crippen LogP contribution in [0.1, 0.15) is 34.6 Å². The minimum atomic E-state index is -2.68. The molecule has 1 heterocycles. The zero-order valence-electron chi connectivity index (χ0n) is 16.4. The lowest BCUT2D eigenvalue weighted by Crippen LogP contribution is -2.69.